The van der Waals surface area contributed by atoms with Crippen LogP contribution < -0.4 is 15.0 Å². The summed E-state index contributed by atoms with van der Waals surface area (Å²) in [4.78, 5) is 14.9. The Labute approximate surface area is 163 Å². The van der Waals surface area contributed by atoms with Gasteiger partial charge in [0.1, 0.15) is 12.4 Å². The molecule has 1 N–H and O–H groups in total. The Bertz CT molecular complexity index is 900. The highest BCUT2D eigenvalue weighted by molar-refractivity contribution is 6.03. The molecule has 1 fully saturated rings. The predicted octanol–water partition coefficient (Wildman–Crippen LogP) is 3.95. The second-order valence-corrected chi connectivity index (χ2v) is 6.48. The van der Waals surface area contributed by atoms with Gasteiger partial charge < -0.3 is 24.1 Å². The van der Waals surface area contributed by atoms with E-state index >= 15 is 0 Å². The van der Waals surface area contributed by atoms with Crippen LogP contribution in [-0.2, 0) is 11.3 Å². The van der Waals surface area contributed by atoms with Crippen LogP contribution in [0.5, 0.6) is 5.75 Å². The smallest absolute Gasteiger partial charge is 0.291 e. The van der Waals surface area contributed by atoms with E-state index in [1.807, 2.05) is 54.6 Å². The lowest BCUT2D eigenvalue weighted by molar-refractivity contribution is 0.0993. The molecule has 1 aliphatic rings. The Balaban J connectivity index is 1.38. The van der Waals surface area contributed by atoms with Crippen molar-refractivity contribution in [3.05, 3.63) is 78.3 Å². The first-order chi connectivity index (χ1) is 13.8. The van der Waals surface area contributed by atoms with Gasteiger partial charge in [0, 0.05) is 30.0 Å². The summed E-state index contributed by atoms with van der Waals surface area (Å²) in [6.45, 7) is 3.50. The average molecular weight is 378 g/mol. The van der Waals surface area contributed by atoms with Crippen molar-refractivity contribution in [1.82, 2.24) is 0 Å². The number of benzene rings is 2. The van der Waals surface area contributed by atoms with Crippen LogP contribution in [0.2, 0.25) is 0 Å². The van der Waals surface area contributed by atoms with Crippen LogP contribution in [0.25, 0.3) is 0 Å². The average Bonchev–Trinajstić information content (AvgIpc) is 3.23. The summed E-state index contributed by atoms with van der Waals surface area (Å²) in [6.07, 6.45) is 1.50. The normalized spacial score (nSPS) is 13.9. The molecule has 0 atom stereocenters. The fourth-order valence-electron chi connectivity index (χ4n) is 3.09. The number of hydrogen-bond donors (Lipinski definition) is 1. The van der Waals surface area contributed by atoms with E-state index in [4.69, 9.17) is 13.9 Å². The molecule has 1 aliphatic heterocycles. The Morgan fingerprint density at radius 3 is 2.50 bits per heavy atom. The zero-order valence-electron chi connectivity index (χ0n) is 15.5. The van der Waals surface area contributed by atoms with Gasteiger partial charge in [-0.15, -0.1) is 0 Å². The molecule has 0 aliphatic carbocycles. The minimum Gasteiger partial charge on any atom is -0.489 e. The number of nitrogens with one attached hydrogen (secondary N) is 1. The molecule has 0 bridgehead atoms. The van der Waals surface area contributed by atoms with E-state index in [1.165, 1.54) is 6.26 Å². The van der Waals surface area contributed by atoms with Crippen molar-refractivity contribution in [1.29, 1.82) is 0 Å². The molecule has 1 aromatic heterocycles. The zero-order chi connectivity index (χ0) is 19.2. The lowest BCUT2D eigenvalue weighted by Crippen LogP contribution is -2.36. The molecule has 1 amide bonds. The lowest BCUT2D eigenvalue weighted by atomic mass is 10.2. The first-order valence-electron chi connectivity index (χ1n) is 9.28. The lowest BCUT2D eigenvalue weighted by Gasteiger charge is -2.28. The third-order valence-corrected chi connectivity index (χ3v) is 4.59. The van der Waals surface area contributed by atoms with Crippen molar-refractivity contribution >= 4 is 17.3 Å². The number of carbonyl (C=O) groups excluding carboxylic acids is 1. The van der Waals surface area contributed by atoms with Crippen molar-refractivity contribution < 1.29 is 18.7 Å². The van der Waals surface area contributed by atoms with E-state index in [0.717, 1.165) is 37.7 Å². The summed E-state index contributed by atoms with van der Waals surface area (Å²) >= 11 is 0. The van der Waals surface area contributed by atoms with Crippen molar-refractivity contribution in [2.45, 2.75) is 6.61 Å². The van der Waals surface area contributed by atoms with Crippen LogP contribution >= 0.6 is 0 Å². The molecule has 6 heteroatoms. The van der Waals surface area contributed by atoms with E-state index in [9.17, 15) is 4.79 Å². The molecular formula is C22H22N2O4. The molecule has 144 valence electrons. The van der Waals surface area contributed by atoms with Crippen LogP contribution in [0.1, 0.15) is 16.1 Å². The van der Waals surface area contributed by atoms with Gasteiger partial charge in [0.25, 0.3) is 5.91 Å². The molecule has 4 rings (SSSR count). The molecule has 2 heterocycles. The number of morpholine rings is 1. The largest absolute Gasteiger partial charge is 0.489 e. The van der Waals surface area contributed by atoms with Gasteiger partial charge in [0.2, 0.25) is 0 Å². The molecule has 2 aromatic carbocycles. The number of furan rings is 1. The van der Waals surface area contributed by atoms with Crippen molar-refractivity contribution in [2.24, 2.45) is 0 Å². The number of hydrogen-bond acceptors (Lipinski definition) is 5. The van der Waals surface area contributed by atoms with E-state index < -0.39 is 0 Å². The summed E-state index contributed by atoms with van der Waals surface area (Å²) < 4.78 is 16.5. The third-order valence-electron chi connectivity index (χ3n) is 4.59. The fraction of sp³-hybridized carbons (Fsp3) is 0.227. The molecule has 0 saturated carbocycles. The number of para-hydroxylation sites is 1. The highest BCUT2D eigenvalue weighted by atomic mass is 16.5. The van der Waals surface area contributed by atoms with Gasteiger partial charge in [0.05, 0.1) is 19.5 Å². The molecule has 6 nitrogen and oxygen atoms in total. The quantitative estimate of drug-likeness (QED) is 0.704. The Morgan fingerprint density at radius 2 is 1.75 bits per heavy atom. The summed E-state index contributed by atoms with van der Waals surface area (Å²) in [6, 6.07) is 19.0. The molecular weight excluding hydrogens is 356 g/mol. The highest BCUT2D eigenvalue weighted by Crippen LogP contribution is 2.21. The van der Waals surface area contributed by atoms with Crippen LogP contribution in [-0.4, -0.2) is 32.2 Å². The van der Waals surface area contributed by atoms with Gasteiger partial charge >= 0.3 is 0 Å². The van der Waals surface area contributed by atoms with E-state index in [2.05, 4.69) is 10.2 Å². The van der Waals surface area contributed by atoms with Crippen LogP contribution in [0.4, 0.5) is 11.4 Å². The van der Waals surface area contributed by atoms with Gasteiger partial charge in [-0.05, 0) is 42.5 Å². The number of nitrogens with zero attached hydrogens (tertiary/aromatic N) is 1. The SMILES string of the molecule is O=C(Nc1ccc(N2CCOCC2)cc1)c1occc1COc1ccccc1. The molecule has 0 unspecified atom stereocenters. The second kappa shape index (κ2) is 8.63. The van der Waals surface area contributed by atoms with Crippen molar-refractivity contribution in [2.75, 3.05) is 36.5 Å². The monoisotopic (exact) mass is 378 g/mol. The van der Waals surface area contributed by atoms with Gasteiger partial charge in [-0.2, -0.15) is 0 Å². The van der Waals surface area contributed by atoms with Crippen molar-refractivity contribution in [3.63, 3.8) is 0 Å². The van der Waals surface area contributed by atoms with Crippen LogP contribution in [0, 0.1) is 0 Å². The maximum absolute atomic E-state index is 12.6. The van der Waals surface area contributed by atoms with Crippen molar-refractivity contribution in [3.8, 4) is 5.75 Å². The number of amides is 1. The standard InChI is InChI=1S/C22H22N2O4/c25-22(21-17(10-13-27-21)16-28-20-4-2-1-3-5-20)23-18-6-8-19(9-7-18)24-11-14-26-15-12-24/h1-10,13H,11-12,14-16H2,(H,23,25). The molecule has 1 saturated heterocycles. The molecule has 0 radical (unpaired) electrons. The molecule has 28 heavy (non-hydrogen) atoms. The number of carbonyl (C=O) groups is 1. The molecule has 0 spiro atoms. The van der Waals surface area contributed by atoms with Crippen LogP contribution in [0.3, 0.4) is 0 Å². The maximum atomic E-state index is 12.6. The summed E-state index contributed by atoms with van der Waals surface area (Å²) in [5.41, 5.74) is 2.54. The summed E-state index contributed by atoms with van der Waals surface area (Å²) in [5, 5.41) is 2.88. The number of anilines is 2. The predicted molar refractivity (Wildman–Crippen MR) is 107 cm³/mol. The van der Waals surface area contributed by atoms with Gasteiger partial charge in [-0.3, -0.25) is 4.79 Å². The topological polar surface area (TPSA) is 63.9 Å². The Morgan fingerprint density at radius 1 is 1.00 bits per heavy atom. The first-order valence-corrected chi connectivity index (χ1v) is 9.28. The van der Waals surface area contributed by atoms with Gasteiger partial charge in [-0.25, -0.2) is 0 Å². The summed E-state index contributed by atoms with van der Waals surface area (Å²) in [5.74, 6) is 0.706. The van der Waals surface area contributed by atoms with E-state index in [-0.39, 0.29) is 18.3 Å². The van der Waals surface area contributed by atoms with Gasteiger partial charge in [-0.1, -0.05) is 18.2 Å². The maximum Gasteiger partial charge on any atom is 0.291 e. The van der Waals surface area contributed by atoms with E-state index in [0.29, 0.717) is 11.3 Å². The Kier molecular flexibility index (Phi) is 5.58. The third kappa shape index (κ3) is 4.35. The van der Waals surface area contributed by atoms with E-state index in [1.54, 1.807) is 6.07 Å². The fourth-order valence-corrected chi connectivity index (χ4v) is 3.09. The van der Waals surface area contributed by atoms with Crippen LogP contribution in [0.15, 0.2) is 71.3 Å². The number of ether oxygens (including phenoxy) is 2. The Hall–Kier alpha value is -3.25. The minimum atomic E-state index is -0.296. The highest BCUT2D eigenvalue weighted by Gasteiger charge is 2.17. The number of rotatable bonds is 6. The first kappa shape index (κ1) is 18.1. The summed E-state index contributed by atoms with van der Waals surface area (Å²) in [7, 11) is 0. The van der Waals surface area contributed by atoms with Gasteiger partial charge in [0.15, 0.2) is 5.76 Å². The molecule has 3 aromatic rings. The zero-order valence-corrected chi connectivity index (χ0v) is 15.5. The second-order valence-electron chi connectivity index (χ2n) is 6.48. The minimum absolute atomic E-state index is 0.258.